The Morgan fingerprint density at radius 2 is 1.62 bits per heavy atom. The van der Waals surface area contributed by atoms with Gasteiger partial charge in [-0.05, 0) is 72.0 Å². The predicted molar refractivity (Wildman–Crippen MR) is 129 cm³/mol. The van der Waals surface area contributed by atoms with E-state index in [1.807, 2.05) is 37.3 Å². The van der Waals surface area contributed by atoms with Crippen LogP contribution >= 0.6 is 11.6 Å². The van der Waals surface area contributed by atoms with E-state index < -0.39 is 10.0 Å². The number of nitrogens with one attached hydrogen (secondary N) is 2. The summed E-state index contributed by atoms with van der Waals surface area (Å²) in [6.45, 7) is 4.61. The third-order valence-corrected chi connectivity index (χ3v) is 6.78. The lowest BCUT2D eigenvalue weighted by Gasteiger charge is -2.16. The minimum Gasteiger partial charge on any atom is -0.352 e. The van der Waals surface area contributed by atoms with E-state index in [-0.39, 0.29) is 17.3 Å². The van der Waals surface area contributed by atoms with Gasteiger partial charge >= 0.3 is 0 Å². The van der Waals surface area contributed by atoms with Crippen LogP contribution in [0.1, 0.15) is 41.8 Å². The molecule has 2 N–H and O–H groups in total. The van der Waals surface area contributed by atoms with E-state index in [9.17, 15) is 13.2 Å². The predicted octanol–water partition coefficient (Wildman–Crippen LogP) is 5.19. The summed E-state index contributed by atoms with van der Waals surface area (Å²) >= 11 is 5.88. The van der Waals surface area contributed by atoms with Crippen molar-refractivity contribution >= 4 is 27.5 Å². The average Bonchev–Trinajstić information content (AvgIpc) is 2.79. The maximum atomic E-state index is 12.8. The molecule has 0 aromatic heterocycles. The zero-order valence-electron chi connectivity index (χ0n) is 18.2. The third kappa shape index (κ3) is 5.76. The number of hydrogen-bond acceptors (Lipinski definition) is 3. The first-order chi connectivity index (χ1) is 15.4. The van der Waals surface area contributed by atoms with E-state index in [1.165, 1.54) is 12.1 Å². The standard InChI is InChI=1S/C25H27ClN2O3S/c1-3-7-18-8-5-6-9-23(18)24-16-19(25(29)27-4-2)10-11-20(24)17-28-32(30,31)22-14-12-21(26)13-15-22/h5-6,8-16,28H,3-4,7,17H2,1-2H3,(H,27,29). The summed E-state index contributed by atoms with van der Waals surface area (Å²) in [5, 5.41) is 3.29. The number of rotatable bonds is 9. The number of carbonyl (C=O) groups excluding carboxylic acids is 1. The van der Waals surface area contributed by atoms with Crippen LogP contribution in [0.15, 0.2) is 71.6 Å². The first-order valence-corrected chi connectivity index (χ1v) is 12.5. The first-order valence-electron chi connectivity index (χ1n) is 10.6. The molecular formula is C25H27ClN2O3S. The summed E-state index contributed by atoms with van der Waals surface area (Å²) in [5.74, 6) is -0.157. The summed E-state index contributed by atoms with van der Waals surface area (Å²) < 4.78 is 28.2. The SMILES string of the molecule is CCCc1ccccc1-c1cc(C(=O)NCC)ccc1CNS(=O)(=O)c1ccc(Cl)cc1. The van der Waals surface area contributed by atoms with Crippen molar-refractivity contribution < 1.29 is 13.2 Å². The summed E-state index contributed by atoms with van der Waals surface area (Å²) in [6.07, 6.45) is 1.86. The van der Waals surface area contributed by atoms with Crippen molar-refractivity contribution in [3.05, 3.63) is 88.4 Å². The fourth-order valence-corrected chi connectivity index (χ4v) is 4.66. The molecule has 0 unspecified atom stereocenters. The van der Waals surface area contributed by atoms with Crippen LogP contribution in [-0.2, 0) is 23.0 Å². The molecule has 0 atom stereocenters. The Morgan fingerprint density at radius 1 is 0.906 bits per heavy atom. The molecule has 0 aliphatic rings. The molecule has 168 valence electrons. The molecule has 3 aromatic carbocycles. The van der Waals surface area contributed by atoms with Gasteiger partial charge in [-0.3, -0.25) is 4.79 Å². The molecule has 0 bridgehead atoms. The second kappa shape index (κ2) is 10.8. The normalized spacial score (nSPS) is 11.3. The molecule has 0 fully saturated rings. The van der Waals surface area contributed by atoms with E-state index >= 15 is 0 Å². The summed E-state index contributed by atoms with van der Waals surface area (Å²) in [7, 11) is -3.72. The highest BCUT2D eigenvalue weighted by Crippen LogP contribution is 2.30. The van der Waals surface area contributed by atoms with Gasteiger partial charge in [0.15, 0.2) is 0 Å². The van der Waals surface area contributed by atoms with Gasteiger partial charge in [0.1, 0.15) is 0 Å². The first kappa shape index (κ1) is 24.0. The molecule has 32 heavy (non-hydrogen) atoms. The van der Waals surface area contributed by atoms with Crippen molar-refractivity contribution in [3.63, 3.8) is 0 Å². The Morgan fingerprint density at radius 3 is 2.31 bits per heavy atom. The molecule has 0 heterocycles. The molecule has 0 saturated carbocycles. The van der Waals surface area contributed by atoms with Gasteiger partial charge in [-0.15, -0.1) is 0 Å². The Hall–Kier alpha value is -2.67. The zero-order valence-corrected chi connectivity index (χ0v) is 19.8. The monoisotopic (exact) mass is 470 g/mol. The maximum Gasteiger partial charge on any atom is 0.251 e. The molecular weight excluding hydrogens is 444 g/mol. The second-order valence-corrected chi connectivity index (χ2v) is 9.62. The number of halogens is 1. The highest BCUT2D eigenvalue weighted by atomic mass is 35.5. The van der Waals surface area contributed by atoms with E-state index in [0.29, 0.717) is 17.1 Å². The molecule has 7 heteroatoms. The van der Waals surface area contributed by atoms with Crippen LogP contribution in [0.25, 0.3) is 11.1 Å². The molecule has 0 saturated heterocycles. The van der Waals surface area contributed by atoms with Crippen molar-refractivity contribution in [2.45, 2.75) is 38.1 Å². The van der Waals surface area contributed by atoms with Crippen LogP contribution in [0.2, 0.25) is 5.02 Å². The molecule has 0 radical (unpaired) electrons. The molecule has 3 rings (SSSR count). The van der Waals surface area contributed by atoms with Crippen LogP contribution < -0.4 is 10.0 Å². The largest absolute Gasteiger partial charge is 0.352 e. The quantitative estimate of drug-likeness (QED) is 0.452. The van der Waals surface area contributed by atoms with Crippen LogP contribution in [0.4, 0.5) is 0 Å². The molecule has 0 aliphatic heterocycles. The molecule has 5 nitrogen and oxygen atoms in total. The number of sulfonamides is 1. The second-order valence-electron chi connectivity index (χ2n) is 7.42. The average molecular weight is 471 g/mol. The highest BCUT2D eigenvalue weighted by Gasteiger charge is 2.17. The minimum absolute atomic E-state index is 0.0937. The zero-order chi connectivity index (χ0) is 23.1. The van der Waals surface area contributed by atoms with Gasteiger partial charge in [0.25, 0.3) is 5.91 Å². The fourth-order valence-electron chi connectivity index (χ4n) is 3.53. The lowest BCUT2D eigenvalue weighted by Crippen LogP contribution is -2.24. The third-order valence-electron chi connectivity index (χ3n) is 5.11. The number of benzene rings is 3. The van der Waals surface area contributed by atoms with Gasteiger partial charge in [0.05, 0.1) is 4.90 Å². The Bertz CT molecular complexity index is 1190. The van der Waals surface area contributed by atoms with E-state index in [4.69, 9.17) is 11.6 Å². The Labute approximate surface area is 194 Å². The van der Waals surface area contributed by atoms with Gasteiger partial charge < -0.3 is 5.32 Å². The van der Waals surface area contributed by atoms with Gasteiger partial charge in [0, 0.05) is 23.7 Å². The van der Waals surface area contributed by atoms with Crippen LogP contribution in [-0.4, -0.2) is 20.9 Å². The Kier molecular flexibility index (Phi) is 8.07. The molecule has 1 amide bonds. The lowest BCUT2D eigenvalue weighted by atomic mass is 9.92. The summed E-state index contributed by atoms with van der Waals surface area (Å²) in [5.41, 5.74) is 4.33. The number of aryl methyl sites for hydroxylation is 1. The van der Waals surface area contributed by atoms with Crippen molar-refractivity contribution in [1.29, 1.82) is 0 Å². The summed E-state index contributed by atoms with van der Waals surface area (Å²) in [4.78, 5) is 12.6. The van der Waals surface area contributed by atoms with Gasteiger partial charge in [0.2, 0.25) is 10.0 Å². The smallest absolute Gasteiger partial charge is 0.251 e. The van der Waals surface area contributed by atoms with Crippen molar-refractivity contribution in [1.82, 2.24) is 10.0 Å². The molecule has 3 aromatic rings. The topological polar surface area (TPSA) is 75.3 Å². The van der Waals surface area contributed by atoms with E-state index in [1.54, 1.807) is 18.2 Å². The molecule has 0 spiro atoms. The van der Waals surface area contributed by atoms with E-state index in [0.717, 1.165) is 35.1 Å². The van der Waals surface area contributed by atoms with Crippen molar-refractivity contribution in [2.24, 2.45) is 0 Å². The van der Waals surface area contributed by atoms with Crippen molar-refractivity contribution in [2.75, 3.05) is 6.54 Å². The van der Waals surface area contributed by atoms with Crippen LogP contribution in [0.5, 0.6) is 0 Å². The highest BCUT2D eigenvalue weighted by molar-refractivity contribution is 7.89. The number of carbonyl (C=O) groups is 1. The van der Waals surface area contributed by atoms with Gasteiger partial charge in [-0.1, -0.05) is 55.3 Å². The molecule has 0 aliphatic carbocycles. The number of hydrogen-bond donors (Lipinski definition) is 2. The number of amides is 1. The van der Waals surface area contributed by atoms with Gasteiger partial charge in [-0.2, -0.15) is 0 Å². The van der Waals surface area contributed by atoms with Crippen LogP contribution in [0, 0.1) is 0 Å². The minimum atomic E-state index is -3.72. The Balaban J connectivity index is 2.00. The maximum absolute atomic E-state index is 12.8. The van der Waals surface area contributed by atoms with Crippen molar-refractivity contribution in [3.8, 4) is 11.1 Å². The lowest BCUT2D eigenvalue weighted by molar-refractivity contribution is 0.0956. The fraction of sp³-hybridized carbons (Fsp3) is 0.240. The van der Waals surface area contributed by atoms with E-state index in [2.05, 4.69) is 23.0 Å². The van der Waals surface area contributed by atoms with Gasteiger partial charge in [-0.25, -0.2) is 13.1 Å². The summed E-state index contributed by atoms with van der Waals surface area (Å²) in [6, 6.07) is 19.4. The van der Waals surface area contributed by atoms with Crippen LogP contribution in [0.3, 0.4) is 0 Å².